The molecule has 0 spiro atoms. The van der Waals surface area contributed by atoms with Crippen LogP contribution in [0.2, 0.25) is 0 Å². The summed E-state index contributed by atoms with van der Waals surface area (Å²) in [6.07, 6.45) is -1.13. The monoisotopic (exact) mass is 428 g/mol. The number of anilines is 1. The van der Waals surface area contributed by atoms with Gasteiger partial charge in [0.2, 0.25) is 0 Å². The van der Waals surface area contributed by atoms with Crippen molar-refractivity contribution in [2.24, 2.45) is 5.73 Å². The Bertz CT molecular complexity index is 1220. The number of ether oxygens (including phenoxy) is 1. The van der Waals surface area contributed by atoms with E-state index in [9.17, 15) is 19.1 Å². The van der Waals surface area contributed by atoms with Gasteiger partial charge in [-0.2, -0.15) is 0 Å². The van der Waals surface area contributed by atoms with E-state index in [0.717, 1.165) is 5.56 Å². The van der Waals surface area contributed by atoms with Gasteiger partial charge in [0.15, 0.2) is 6.29 Å². The number of hydrogen-bond donors (Lipinski definition) is 3. The van der Waals surface area contributed by atoms with E-state index in [1.807, 2.05) is 13.8 Å². The van der Waals surface area contributed by atoms with Crippen molar-refractivity contribution >= 4 is 22.9 Å². The standard InChI is InChI=1S/C20H19FN4O4.C2H6/c1-29-8-13-10(18(27)7-26)3-17-19-12(6-25(17)20(13)28)11(5-22)9-2-15(23)14(21)4-16(9)24-19;1-2/h2-4,7,18,27H,5-6,8,22-23H2,1H3;1-2H3. The second-order valence-corrected chi connectivity index (χ2v) is 6.88. The number of benzene rings is 1. The third kappa shape index (κ3) is 3.60. The molecule has 1 aromatic carbocycles. The number of aliphatic hydroxyl groups excluding tert-OH is 1. The molecule has 3 heterocycles. The number of aromatic nitrogens is 2. The quantitative estimate of drug-likeness (QED) is 0.327. The highest BCUT2D eigenvalue weighted by Crippen LogP contribution is 2.37. The Morgan fingerprint density at radius 3 is 2.65 bits per heavy atom. The second kappa shape index (κ2) is 8.93. The van der Waals surface area contributed by atoms with Gasteiger partial charge in [0.05, 0.1) is 35.7 Å². The summed E-state index contributed by atoms with van der Waals surface area (Å²) in [5.41, 5.74) is 14.3. The summed E-state index contributed by atoms with van der Waals surface area (Å²) in [4.78, 5) is 28.8. The number of fused-ring (bicyclic) bond motifs is 4. The molecule has 0 aliphatic carbocycles. The number of nitrogen functional groups attached to an aromatic ring is 1. The molecule has 0 fully saturated rings. The fourth-order valence-electron chi connectivity index (χ4n) is 3.87. The number of nitrogens with two attached hydrogens (primary N) is 2. The maximum atomic E-state index is 14.0. The van der Waals surface area contributed by atoms with E-state index in [1.54, 1.807) is 6.07 Å². The number of pyridine rings is 2. The molecule has 4 rings (SSSR count). The molecule has 0 saturated heterocycles. The molecule has 5 N–H and O–H groups in total. The van der Waals surface area contributed by atoms with Crippen molar-refractivity contribution in [3.05, 3.63) is 56.6 Å². The van der Waals surface area contributed by atoms with Crippen LogP contribution in [0.25, 0.3) is 22.3 Å². The fourth-order valence-corrected chi connectivity index (χ4v) is 3.87. The normalized spacial score (nSPS) is 12.7. The number of halogens is 1. The number of rotatable bonds is 5. The first-order valence-corrected chi connectivity index (χ1v) is 9.91. The average Bonchev–Trinajstić information content (AvgIpc) is 3.14. The van der Waals surface area contributed by atoms with Gasteiger partial charge < -0.3 is 30.7 Å². The van der Waals surface area contributed by atoms with Crippen LogP contribution in [0.4, 0.5) is 10.1 Å². The third-order valence-electron chi connectivity index (χ3n) is 5.26. The van der Waals surface area contributed by atoms with Gasteiger partial charge in [-0.05, 0) is 17.7 Å². The van der Waals surface area contributed by atoms with Gasteiger partial charge in [-0.3, -0.25) is 4.79 Å². The van der Waals surface area contributed by atoms with Crippen molar-refractivity contribution in [3.63, 3.8) is 0 Å². The Kier molecular flexibility index (Phi) is 6.49. The number of hydrogen-bond acceptors (Lipinski definition) is 7. The van der Waals surface area contributed by atoms with Crippen LogP contribution in [0.15, 0.2) is 23.0 Å². The van der Waals surface area contributed by atoms with Crippen molar-refractivity contribution in [1.29, 1.82) is 0 Å². The minimum Gasteiger partial charge on any atom is -0.396 e. The van der Waals surface area contributed by atoms with Crippen LogP contribution in [0, 0.1) is 5.82 Å². The summed E-state index contributed by atoms with van der Waals surface area (Å²) in [5.74, 6) is -0.601. The predicted octanol–water partition coefficient (Wildman–Crippen LogP) is 2.01. The second-order valence-electron chi connectivity index (χ2n) is 6.88. The summed E-state index contributed by atoms with van der Waals surface area (Å²) in [6, 6.07) is 4.27. The van der Waals surface area contributed by atoms with E-state index in [2.05, 4.69) is 4.98 Å². The molecule has 2 aromatic heterocycles. The lowest BCUT2D eigenvalue weighted by Crippen LogP contribution is -2.26. The summed E-state index contributed by atoms with van der Waals surface area (Å²) in [7, 11) is 1.42. The molecule has 0 bridgehead atoms. The lowest BCUT2D eigenvalue weighted by molar-refractivity contribution is -0.115. The van der Waals surface area contributed by atoms with Crippen LogP contribution in [0.5, 0.6) is 0 Å². The topological polar surface area (TPSA) is 133 Å². The zero-order chi connectivity index (χ0) is 22.9. The molecule has 1 aliphatic rings. The maximum Gasteiger partial charge on any atom is 0.257 e. The minimum atomic E-state index is -1.48. The molecule has 164 valence electrons. The molecular weight excluding hydrogens is 403 g/mol. The molecular formula is C22H25FN4O4. The van der Waals surface area contributed by atoms with Gasteiger partial charge in [-0.1, -0.05) is 13.8 Å². The SMILES string of the molecule is CC.COCc1c(C(O)C=O)cc2n(c1=O)Cc1c-2nc2cc(F)c(N)cc2c1CN. The van der Waals surface area contributed by atoms with Crippen molar-refractivity contribution in [2.75, 3.05) is 12.8 Å². The molecule has 1 aliphatic heterocycles. The van der Waals surface area contributed by atoms with Crippen LogP contribution in [0.3, 0.4) is 0 Å². The molecule has 31 heavy (non-hydrogen) atoms. The highest BCUT2D eigenvalue weighted by molar-refractivity contribution is 5.90. The van der Waals surface area contributed by atoms with Gasteiger partial charge in [-0.15, -0.1) is 0 Å². The van der Waals surface area contributed by atoms with E-state index >= 15 is 0 Å². The highest BCUT2D eigenvalue weighted by atomic mass is 19.1. The number of carbonyl (C=O) groups excluding carboxylic acids is 1. The van der Waals surface area contributed by atoms with Crippen molar-refractivity contribution in [1.82, 2.24) is 9.55 Å². The Hall–Kier alpha value is -3.14. The van der Waals surface area contributed by atoms with Crippen LogP contribution in [0.1, 0.15) is 42.2 Å². The summed E-state index contributed by atoms with van der Waals surface area (Å²) >= 11 is 0. The first-order chi connectivity index (χ1) is 14.9. The molecule has 1 atom stereocenters. The molecule has 0 radical (unpaired) electrons. The highest BCUT2D eigenvalue weighted by Gasteiger charge is 2.29. The first kappa shape index (κ1) is 22.5. The third-order valence-corrected chi connectivity index (χ3v) is 5.26. The van der Waals surface area contributed by atoms with E-state index in [1.165, 1.54) is 23.8 Å². The summed E-state index contributed by atoms with van der Waals surface area (Å²) < 4.78 is 20.6. The molecule has 0 saturated carbocycles. The average molecular weight is 428 g/mol. The van der Waals surface area contributed by atoms with E-state index in [-0.39, 0.29) is 36.5 Å². The van der Waals surface area contributed by atoms with Crippen molar-refractivity contribution in [2.45, 2.75) is 39.6 Å². The van der Waals surface area contributed by atoms with Crippen molar-refractivity contribution < 1.29 is 19.0 Å². The zero-order valence-corrected chi connectivity index (χ0v) is 17.6. The lowest BCUT2D eigenvalue weighted by Gasteiger charge is -2.14. The summed E-state index contributed by atoms with van der Waals surface area (Å²) in [5, 5.41) is 10.7. The lowest BCUT2D eigenvalue weighted by atomic mass is 9.99. The maximum absolute atomic E-state index is 14.0. The Balaban J connectivity index is 0.00000132. The molecule has 0 amide bonds. The largest absolute Gasteiger partial charge is 0.396 e. The zero-order valence-electron chi connectivity index (χ0n) is 17.6. The fraction of sp³-hybridized carbons (Fsp3) is 0.318. The first-order valence-electron chi connectivity index (χ1n) is 9.91. The Morgan fingerprint density at radius 1 is 1.32 bits per heavy atom. The molecule has 3 aromatic rings. The molecule has 8 nitrogen and oxygen atoms in total. The van der Waals surface area contributed by atoms with Gasteiger partial charge in [-0.25, -0.2) is 9.37 Å². The van der Waals surface area contributed by atoms with E-state index in [4.69, 9.17) is 16.2 Å². The predicted molar refractivity (Wildman–Crippen MR) is 116 cm³/mol. The summed E-state index contributed by atoms with van der Waals surface area (Å²) in [6.45, 7) is 4.30. The minimum absolute atomic E-state index is 0.0135. The van der Waals surface area contributed by atoms with Gasteiger partial charge in [0, 0.05) is 41.8 Å². The smallest absolute Gasteiger partial charge is 0.257 e. The van der Waals surface area contributed by atoms with Crippen LogP contribution < -0.4 is 17.0 Å². The Labute approximate surface area is 178 Å². The van der Waals surface area contributed by atoms with Gasteiger partial charge >= 0.3 is 0 Å². The van der Waals surface area contributed by atoms with E-state index < -0.39 is 17.5 Å². The number of carbonyl (C=O) groups is 1. The van der Waals surface area contributed by atoms with E-state index in [0.29, 0.717) is 34.1 Å². The number of aldehydes is 1. The van der Waals surface area contributed by atoms with Gasteiger partial charge in [0.25, 0.3) is 5.56 Å². The van der Waals surface area contributed by atoms with Gasteiger partial charge in [0.1, 0.15) is 11.9 Å². The molecule has 1 unspecified atom stereocenters. The van der Waals surface area contributed by atoms with Crippen molar-refractivity contribution in [3.8, 4) is 11.4 Å². The Morgan fingerprint density at radius 2 is 2.03 bits per heavy atom. The van der Waals surface area contributed by atoms with Crippen LogP contribution in [-0.2, 0) is 29.2 Å². The van der Waals surface area contributed by atoms with Crippen LogP contribution >= 0.6 is 0 Å². The number of nitrogens with zero attached hydrogens (tertiary/aromatic N) is 2. The number of aliphatic hydroxyl groups is 1. The number of methoxy groups -OCH3 is 1. The molecule has 9 heteroatoms. The van der Waals surface area contributed by atoms with Crippen LogP contribution in [-0.4, -0.2) is 28.1 Å².